The van der Waals surface area contributed by atoms with E-state index in [0.717, 1.165) is 16.1 Å². The van der Waals surface area contributed by atoms with E-state index < -0.39 is 0 Å². The number of carbonyl (C=O) groups excluding carboxylic acids is 2. The first-order valence-corrected chi connectivity index (χ1v) is 9.31. The number of hydrogen-bond acceptors (Lipinski definition) is 4. The second-order valence-corrected chi connectivity index (χ2v) is 7.31. The van der Waals surface area contributed by atoms with Crippen LogP contribution in [0.15, 0.2) is 54.9 Å². The Bertz CT molecular complexity index is 986. The molecule has 1 aliphatic heterocycles. The first kappa shape index (κ1) is 17.4. The zero-order valence-corrected chi connectivity index (χ0v) is 15.1. The van der Waals surface area contributed by atoms with E-state index in [1.807, 2.05) is 12.1 Å². The molecule has 136 valence electrons. The standard InChI is InChI=1S/C20H16FN3O2S/c21-15-3-1-14(2-4-15)20(26)24-10-7-17-16(24)11-18(27-17)19(25)23-12-13-5-8-22-9-6-13/h1-6,8-9,11H,7,10,12H2,(H,23,25). The maximum Gasteiger partial charge on any atom is 0.261 e. The van der Waals surface area contributed by atoms with Crippen molar-refractivity contribution in [2.24, 2.45) is 0 Å². The molecule has 2 amide bonds. The zero-order valence-electron chi connectivity index (χ0n) is 14.3. The summed E-state index contributed by atoms with van der Waals surface area (Å²) >= 11 is 1.41. The molecule has 0 bridgehead atoms. The number of aromatic nitrogens is 1. The number of anilines is 1. The molecule has 3 heterocycles. The first-order chi connectivity index (χ1) is 13.1. The fourth-order valence-corrected chi connectivity index (χ4v) is 4.07. The summed E-state index contributed by atoms with van der Waals surface area (Å²) in [6, 6.07) is 11.0. The third-order valence-electron chi connectivity index (χ3n) is 4.40. The number of amides is 2. The third kappa shape index (κ3) is 3.59. The summed E-state index contributed by atoms with van der Waals surface area (Å²) in [4.78, 5) is 32.3. The number of nitrogens with zero attached hydrogens (tertiary/aromatic N) is 2. The molecule has 0 saturated heterocycles. The van der Waals surface area contributed by atoms with Crippen LogP contribution in [0, 0.1) is 5.82 Å². The van der Waals surface area contributed by atoms with Gasteiger partial charge in [0, 0.05) is 42.3 Å². The van der Waals surface area contributed by atoms with E-state index in [-0.39, 0.29) is 17.6 Å². The second-order valence-electron chi connectivity index (χ2n) is 6.17. The van der Waals surface area contributed by atoms with E-state index in [2.05, 4.69) is 10.3 Å². The van der Waals surface area contributed by atoms with Crippen molar-refractivity contribution in [3.63, 3.8) is 0 Å². The van der Waals surface area contributed by atoms with Crippen LogP contribution in [0.1, 0.15) is 30.5 Å². The van der Waals surface area contributed by atoms with Gasteiger partial charge in [-0.1, -0.05) is 0 Å². The Morgan fingerprint density at radius 1 is 1.15 bits per heavy atom. The molecule has 0 atom stereocenters. The van der Waals surface area contributed by atoms with Crippen LogP contribution in [0.25, 0.3) is 0 Å². The van der Waals surface area contributed by atoms with Gasteiger partial charge in [0.15, 0.2) is 0 Å². The van der Waals surface area contributed by atoms with Crippen LogP contribution < -0.4 is 10.2 Å². The number of pyridine rings is 1. The number of nitrogens with one attached hydrogen (secondary N) is 1. The molecule has 0 saturated carbocycles. The maximum absolute atomic E-state index is 13.1. The molecule has 1 aromatic carbocycles. The normalized spacial score (nSPS) is 12.7. The number of fused-ring (bicyclic) bond motifs is 1. The molecule has 0 fully saturated rings. The van der Waals surface area contributed by atoms with E-state index in [0.29, 0.717) is 30.0 Å². The molecule has 0 aliphatic carbocycles. The van der Waals surface area contributed by atoms with Crippen LogP contribution in [0.5, 0.6) is 0 Å². The van der Waals surface area contributed by atoms with E-state index in [4.69, 9.17) is 0 Å². The van der Waals surface area contributed by atoms with Crippen molar-refractivity contribution in [1.29, 1.82) is 0 Å². The van der Waals surface area contributed by atoms with Gasteiger partial charge in [0.05, 0.1) is 10.6 Å². The number of benzene rings is 1. The number of rotatable bonds is 4. The molecule has 4 rings (SSSR count). The van der Waals surface area contributed by atoms with Crippen LogP contribution in [0.4, 0.5) is 10.1 Å². The van der Waals surface area contributed by atoms with Crippen molar-refractivity contribution in [3.8, 4) is 0 Å². The van der Waals surface area contributed by atoms with Gasteiger partial charge in [-0.15, -0.1) is 11.3 Å². The lowest BCUT2D eigenvalue weighted by molar-refractivity contribution is 0.0952. The van der Waals surface area contributed by atoms with Crippen molar-refractivity contribution >= 4 is 28.8 Å². The molecule has 7 heteroatoms. The van der Waals surface area contributed by atoms with Crippen molar-refractivity contribution in [1.82, 2.24) is 10.3 Å². The quantitative estimate of drug-likeness (QED) is 0.753. The predicted molar refractivity (Wildman–Crippen MR) is 102 cm³/mol. The van der Waals surface area contributed by atoms with Crippen LogP contribution in [-0.4, -0.2) is 23.3 Å². The Morgan fingerprint density at radius 2 is 1.89 bits per heavy atom. The molecule has 3 aromatic rings. The van der Waals surface area contributed by atoms with Crippen molar-refractivity contribution in [2.75, 3.05) is 11.4 Å². The molecule has 0 radical (unpaired) electrons. The highest BCUT2D eigenvalue weighted by molar-refractivity contribution is 7.14. The summed E-state index contributed by atoms with van der Waals surface area (Å²) in [5, 5.41) is 2.88. The Morgan fingerprint density at radius 3 is 2.63 bits per heavy atom. The lowest BCUT2D eigenvalue weighted by atomic mass is 10.2. The van der Waals surface area contributed by atoms with Crippen LogP contribution in [-0.2, 0) is 13.0 Å². The fraction of sp³-hybridized carbons (Fsp3) is 0.150. The number of carbonyl (C=O) groups is 2. The van der Waals surface area contributed by atoms with E-state index in [1.54, 1.807) is 23.4 Å². The Kier molecular flexibility index (Phi) is 4.68. The van der Waals surface area contributed by atoms with E-state index in [9.17, 15) is 14.0 Å². The topological polar surface area (TPSA) is 62.3 Å². The minimum atomic E-state index is -0.377. The fourth-order valence-electron chi connectivity index (χ4n) is 3.00. The van der Waals surface area contributed by atoms with Crippen LogP contribution in [0.3, 0.4) is 0 Å². The number of thiophene rings is 1. The molecule has 0 unspecified atom stereocenters. The summed E-state index contributed by atoms with van der Waals surface area (Å²) in [7, 11) is 0. The maximum atomic E-state index is 13.1. The average Bonchev–Trinajstić information content (AvgIpc) is 3.28. The Balaban J connectivity index is 1.48. The van der Waals surface area contributed by atoms with Gasteiger partial charge >= 0.3 is 0 Å². The van der Waals surface area contributed by atoms with E-state index >= 15 is 0 Å². The van der Waals surface area contributed by atoms with Gasteiger partial charge in [-0.3, -0.25) is 14.6 Å². The molecular weight excluding hydrogens is 365 g/mol. The average molecular weight is 381 g/mol. The molecule has 1 aliphatic rings. The first-order valence-electron chi connectivity index (χ1n) is 8.49. The summed E-state index contributed by atoms with van der Waals surface area (Å²) in [5.74, 6) is -0.729. The van der Waals surface area contributed by atoms with Gasteiger partial charge in [-0.2, -0.15) is 0 Å². The van der Waals surface area contributed by atoms with E-state index in [1.165, 1.54) is 35.6 Å². The lowest BCUT2D eigenvalue weighted by Gasteiger charge is -2.16. The number of halogens is 1. The van der Waals surface area contributed by atoms with Gasteiger partial charge in [0.25, 0.3) is 11.8 Å². The monoisotopic (exact) mass is 381 g/mol. The van der Waals surface area contributed by atoms with Gasteiger partial charge in [-0.05, 0) is 48.0 Å². The molecule has 27 heavy (non-hydrogen) atoms. The van der Waals surface area contributed by atoms with Gasteiger partial charge < -0.3 is 10.2 Å². The van der Waals surface area contributed by atoms with Crippen molar-refractivity contribution in [2.45, 2.75) is 13.0 Å². The SMILES string of the molecule is O=C(NCc1ccncc1)c1cc2c(s1)CCN2C(=O)c1ccc(F)cc1. The molecular formula is C20H16FN3O2S. The smallest absolute Gasteiger partial charge is 0.261 e. The highest BCUT2D eigenvalue weighted by Gasteiger charge is 2.29. The summed E-state index contributed by atoms with van der Waals surface area (Å²) in [6.07, 6.45) is 4.07. The minimum absolute atomic E-state index is 0.166. The lowest BCUT2D eigenvalue weighted by Crippen LogP contribution is -2.29. The molecule has 0 spiro atoms. The molecule has 1 N–H and O–H groups in total. The minimum Gasteiger partial charge on any atom is -0.347 e. The highest BCUT2D eigenvalue weighted by atomic mass is 32.1. The second kappa shape index (κ2) is 7.28. The van der Waals surface area contributed by atoms with Gasteiger partial charge in [-0.25, -0.2) is 4.39 Å². The van der Waals surface area contributed by atoms with Crippen molar-refractivity contribution < 1.29 is 14.0 Å². The van der Waals surface area contributed by atoms with Gasteiger partial charge in [0.2, 0.25) is 0 Å². The highest BCUT2D eigenvalue weighted by Crippen LogP contribution is 2.36. The van der Waals surface area contributed by atoms with Crippen LogP contribution in [0.2, 0.25) is 0 Å². The summed E-state index contributed by atoms with van der Waals surface area (Å²) in [6.45, 7) is 0.985. The Hall–Kier alpha value is -3.06. The molecule has 5 nitrogen and oxygen atoms in total. The molecule has 2 aromatic heterocycles. The van der Waals surface area contributed by atoms with Crippen LogP contribution >= 0.6 is 11.3 Å². The zero-order chi connectivity index (χ0) is 18.8. The summed E-state index contributed by atoms with van der Waals surface area (Å²) in [5.41, 5.74) is 2.16. The van der Waals surface area contributed by atoms with Crippen molar-refractivity contribution in [3.05, 3.63) is 81.6 Å². The number of hydrogen-bond donors (Lipinski definition) is 1. The largest absolute Gasteiger partial charge is 0.347 e. The van der Waals surface area contributed by atoms with Gasteiger partial charge in [0.1, 0.15) is 5.82 Å². The third-order valence-corrected chi connectivity index (χ3v) is 5.59. The Labute approximate surface area is 159 Å². The summed E-state index contributed by atoms with van der Waals surface area (Å²) < 4.78 is 13.1. The predicted octanol–water partition coefficient (Wildman–Crippen LogP) is 3.42.